The number of rotatable bonds is 6. The highest BCUT2D eigenvalue weighted by Gasteiger charge is 2.30. The van der Waals surface area contributed by atoms with Crippen molar-refractivity contribution in [1.82, 2.24) is 9.88 Å². The number of ether oxygens (including phenoxy) is 1. The number of para-hydroxylation sites is 2. The number of carbonyl (C=O) groups excluding carboxylic acids is 1. The lowest BCUT2D eigenvalue weighted by Crippen LogP contribution is -2.38. The first-order valence-electron chi connectivity index (χ1n) is 10.1. The molecular weight excluding hydrogens is 368 g/mol. The molecule has 4 nitrogen and oxygen atoms in total. The number of aromatic nitrogens is 1. The van der Waals surface area contributed by atoms with Crippen LogP contribution in [0.25, 0.3) is 10.2 Å². The fourth-order valence-corrected chi connectivity index (χ4v) is 5.03. The normalized spacial score (nSPS) is 17.0. The maximum atomic E-state index is 13.1. The Bertz CT molecular complexity index is 919. The maximum Gasteiger partial charge on any atom is 0.223 e. The van der Waals surface area contributed by atoms with Crippen molar-refractivity contribution in [3.8, 4) is 5.75 Å². The van der Waals surface area contributed by atoms with Gasteiger partial charge in [0, 0.05) is 13.0 Å². The van der Waals surface area contributed by atoms with Gasteiger partial charge in [0.2, 0.25) is 5.91 Å². The van der Waals surface area contributed by atoms with Crippen LogP contribution in [0, 0.1) is 0 Å². The van der Waals surface area contributed by atoms with Gasteiger partial charge in [-0.05, 0) is 56.4 Å². The van der Waals surface area contributed by atoms with Crippen LogP contribution in [0.4, 0.5) is 0 Å². The molecular formula is C23H26N2O2S. The van der Waals surface area contributed by atoms with Gasteiger partial charge in [-0.25, -0.2) is 4.98 Å². The first-order chi connectivity index (χ1) is 13.8. The molecule has 0 radical (unpaired) electrons. The molecule has 1 amide bonds. The number of nitrogens with zero attached hydrogens (tertiary/aromatic N) is 2. The first kappa shape index (κ1) is 18.9. The Labute approximate surface area is 170 Å². The SMILES string of the molecule is CCOc1ccccc1CCC(=O)N1CCCCC1c1nc2ccccc2s1. The van der Waals surface area contributed by atoms with Crippen molar-refractivity contribution in [3.63, 3.8) is 0 Å². The van der Waals surface area contributed by atoms with E-state index in [1.54, 1.807) is 11.3 Å². The summed E-state index contributed by atoms with van der Waals surface area (Å²) in [6.45, 7) is 3.45. The third kappa shape index (κ3) is 4.04. The summed E-state index contributed by atoms with van der Waals surface area (Å²) < 4.78 is 6.90. The lowest BCUT2D eigenvalue weighted by Gasteiger charge is -2.34. The van der Waals surface area contributed by atoms with Gasteiger partial charge >= 0.3 is 0 Å². The lowest BCUT2D eigenvalue weighted by molar-refractivity contribution is -0.135. The summed E-state index contributed by atoms with van der Waals surface area (Å²) in [6, 6.07) is 16.4. The minimum atomic E-state index is 0.112. The van der Waals surface area contributed by atoms with Crippen molar-refractivity contribution in [2.24, 2.45) is 0 Å². The number of hydrogen-bond donors (Lipinski definition) is 0. The van der Waals surface area contributed by atoms with Gasteiger partial charge in [0.15, 0.2) is 0 Å². The molecule has 1 unspecified atom stereocenters. The predicted octanol–water partition coefficient (Wildman–Crippen LogP) is 5.38. The Morgan fingerprint density at radius 3 is 2.86 bits per heavy atom. The molecule has 0 aliphatic carbocycles. The molecule has 0 saturated carbocycles. The standard InChI is InChI=1S/C23H26N2O2S/c1-2-27-20-12-5-3-9-17(20)14-15-22(26)25-16-8-7-11-19(25)23-24-18-10-4-6-13-21(18)28-23/h3-6,9-10,12-13,19H,2,7-8,11,14-16H2,1H3. The molecule has 1 fully saturated rings. The molecule has 3 aromatic rings. The molecule has 28 heavy (non-hydrogen) atoms. The summed E-state index contributed by atoms with van der Waals surface area (Å²) in [5.74, 6) is 1.11. The summed E-state index contributed by atoms with van der Waals surface area (Å²) in [6.07, 6.45) is 4.44. The molecule has 0 bridgehead atoms. The van der Waals surface area contributed by atoms with Crippen LogP contribution >= 0.6 is 11.3 Å². The Morgan fingerprint density at radius 2 is 2.00 bits per heavy atom. The van der Waals surface area contributed by atoms with E-state index in [0.717, 1.165) is 47.6 Å². The Hall–Kier alpha value is -2.40. The fourth-order valence-electron chi connectivity index (χ4n) is 3.91. The number of thiazole rings is 1. The molecule has 2 heterocycles. The van der Waals surface area contributed by atoms with E-state index in [1.165, 1.54) is 4.70 Å². The first-order valence-corrected chi connectivity index (χ1v) is 10.9. The largest absolute Gasteiger partial charge is 0.494 e. The van der Waals surface area contributed by atoms with Crippen molar-refractivity contribution in [2.75, 3.05) is 13.2 Å². The molecule has 2 aromatic carbocycles. The number of hydrogen-bond acceptors (Lipinski definition) is 4. The highest BCUT2D eigenvalue weighted by Crippen LogP contribution is 2.36. The summed E-state index contributed by atoms with van der Waals surface area (Å²) in [4.78, 5) is 20.0. The zero-order valence-corrected chi connectivity index (χ0v) is 17.1. The monoisotopic (exact) mass is 394 g/mol. The summed E-state index contributed by atoms with van der Waals surface area (Å²) >= 11 is 1.72. The van der Waals surface area contributed by atoms with Crippen LogP contribution in [0.2, 0.25) is 0 Å². The predicted molar refractivity (Wildman–Crippen MR) is 114 cm³/mol. The van der Waals surface area contributed by atoms with E-state index in [1.807, 2.05) is 37.3 Å². The van der Waals surface area contributed by atoms with Crippen molar-refractivity contribution in [2.45, 2.75) is 45.1 Å². The Kier molecular flexibility index (Phi) is 5.91. The van der Waals surface area contributed by atoms with Crippen molar-refractivity contribution >= 4 is 27.5 Å². The zero-order valence-electron chi connectivity index (χ0n) is 16.3. The van der Waals surface area contributed by atoms with Gasteiger partial charge in [0.25, 0.3) is 0 Å². The minimum absolute atomic E-state index is 0.112. The summed E-state index contributed by atoms with van der Waals surface area (Å²) in [5, 5.41) is 1.07. The van der Waals surface area contributed by atoms with E-state index in [9.17, 15) is 4.79 Å². The van der Waals surface area contributed by atoms with Crippen LogP contribution in [0.1, 0.15) is 49.2 Å². The maximum absolute atomic E-state index is 13.1. The number of aryl methyl sites for hydroxylation is 1. The van der Waals surface area contributed by atoms with Gasteiger partial charge < -0.3 is 9.64 Å². The average Bonchev–Trinajstić information content (AvgIpc) is 3.17. The number of amides is 1. The van der Waals surface area contributed by atoms with Gasteiger partial charge in [-0.1, -0.05) is 30.3 Å². The van der Waals surface area contributed by atoms with Crippen molar-refractivity contribution in [1.29, 1.82) is 0 Å². The van der Waals surface area contributed by atoms with E-state index in [2.05, 4.69) is 23.1 Å². The molecule has 1 aliphatic heterocycles. The van der Waals surface area contributed by atoms with E-state index in [0.29, 0.717) is 19.4 Å². The topological polar surface area (TPSA) is 42.4 Å². The third-order valence-electron chi connectivity index (χ3n) is 5.30. The van der Waals surface area contributed by atoms with Crippen molar-refractivity contribution < 1.29 is 9.53 Å². The molecule has 1 atom stereocenters. The van der Waals surface area contributed by atoms with Gasteiger partial charge in [0.05, 0.1) is 22.9 Å². The van der Waals surface area contributed by atoms with Gasteiger partial charge in [0.1, 0.15) is 10.8 Å². The molecule has 146 valence electrons. The van der Waals surface area contributed by atoms with Crippen LogP contribution in [-0.4, -0.2) is 28.9 Å². The molecule has 1 aromatic heterocycles. The minimum Gasteiger partial charge on any atom is -0.494 e. The molecule has 4 rings (SSSR count). The lowest BCUT2D eigenvalue weighted by atomic mass is 10.0. The van der Waals surface area contributed by atoms with Gasteiger partial charge in [-0.2, -0.15) is 0 Å². The highest BCUT2D eigenvalue weighted by atomic mass is 32.1. The zero-order chi connectivity index (χ0) is 19.3. The second kappa shape index (κ2) is 8.74. The fraction of sp³-hybridized carbons (Fsp3) is 0.391. The second-order valence-corrected chi connectivity index (χ2v) is 8.22. The number of benzene rings is 2. The third-order valence-corrected chi connectivity index (χ3v) is 6.44. The second-order valence-electron chi connectivity index (χ2n) is 7.16. The Balaban J connectivity index is 1.49. The molecule has 5 heteroatoms. The number of likely N-dealkylation sites (tertiary alicyclic amines) is 1. The van der Waals surface area contributed by atoms with E-state index < -0.39 is 0 Å². The molecule has 0 N–H and O–H groups in total. The van der Waals surface area contributed by atoms with Crippen LogP contribution in [0.5, 0.6) is 5.75 Å². The van der Waals surface area contributed by atoms with Crippen LogP contribution < -0.4 is 4.74 Å². The van der Waals surface area contributed by atoms with Gasteiger partial charge in [-0.3, -0.25) is 4.79 Å². The van der Waals surface area contributed by atoms with E-state index in [4.69, 9.17) is 9.72 Å². The van der Waals surface area contributed by atoms with Crippen LogP contribution in [0.3, 0.4) is 0 Å². The summed E-state index contributed by atoms with van der Waals surface area (Å²) in [7, 11) is 0. The molecule has 1 aliphatic rings. The number of fused-ring (bicyclic) bond motifs is 1. The van der Waals surface area contributed by atoms with Crippen LogP contribution in [-0.2, 0) is 11.2 Å². The van der Waals surface area contributed by atoms with E-state index in [-0.39, 0.29) is 11.9 Å². The highest BCUT2D eigenvalue weighted by molar-refractivity contribution is 7.18. The van der Waals surface area contributed by atoms with Gasteiger partial charge in [-0.15, -0.1) is 11.3 Å². The smallest absolute Gasteiger partial charge is 0.223 e. The quantitative estimate of drug-likeness (QED) is 0.563. The summed E-state index contributed by atoms with van der Waals surface area (Å²) in [5.41, 5.74) is 2.14. The number of carbonyl (C=O) groups is 1. The van der Waals surface area contributed by atoms with E-state index >= 15 is 0 Å². The van der Waals surface area contributed by atoms with Crippen LogP contribution in [0.15, 0.2) is 48.5 Å². The average molecular weight is 395 g/mol. The molecule has 1 saturated heterocycles. The Morgan fingerprint density at radius 1 is 1.18 bits per heavy atom. The molecule has 0 spiro atoms. The number of piperidine rings is 1. The van der Waals surface area contributed by atoms with Crippen molar-refractivity contribution in [3.05, 3.63) is 59.1 Å².